The monoisotopic (exact) mass is 228 g/mol. The average Bonchev–Trinajstić information content (AvgIpc) is 2.50. The first-order valence-corrected chi connectivity index (χ1v) is 5.14. The zero-order chi connectivity index (χ0) is 11.4. The number of urea groups is 1. The number of carbonyl (C=O) groups excluding carboxylic acids is 2. The van der Waals surface area contributed by atoms with Gasteiger partial charge in [0.15, 0.2) is 5.01 Å². The predicted octanol–water partition coefficient (Wildman–Crippen LogP) is 0.772. The number of nitrogens with one attached hydrogen (secondary N) is 2. The molecular formula is C8H12N4O2S. The standard InChI is InChI=1S/C8H12N4O2S/c1-4(2)11-8(14)12-5-3-10-7(15-5)6(9)13/h3-4H,1-2H3,(H2,9,13)(H2,11,12,14). The van der Waals surface area contributed by atoms with Gasteiger partial charge in [0, 0.05) is 6.04 Å². The Morgan fingerprint density at radius 3 is 2.67 bits per heavy atom. The van der Waals surface area contributed by atoms with Gasteiger partial charge in [-0.2, -0.15) is 0 Å². The van der Waals surface area contributed by atoms with Gasteiger partial charge in [-0.15, -0.1) is 0 Å². The van der Waals surface area contributed by atoms with Crippen molar-refractivity contribution < 1.29 is 9.59 Å². The molecule has 0 bridgehead atoms. The van der Waals surface area contributed by atoms with Gasteiger partial charge >= 0.3 is 6.03 Å². The highest BCUT2D eigenvalue weighted by molar-refractivity contribution is 7.17. The van der Waals surface area contributed by atoms with E-state index in [1.54, 1.807) is 0 Å². The second-order valence-corrected chi connectivity index (χ2v) is 4.18. The number of nitrogens with zero attached hydrogens (tertiary/aromatic N) is 1. The highest BCUT2D eigenvalue weighted by Crippen LogP contribution is 2.17. The number of rotatable bonds is 3. The average molecular weight is 228 g/mol. The number of carbonyl (C=O) groups is 2. The van der Waals surface area contributed by atoms with Crippen molar-refractivity contribution in [1.29, 1.82) is 0 Å². The van der Waals surface area contributed by atoms with E-state index in [1.807, 2.05) is 13.8 Å². The minimum atomic E-state index is -0.600. The van der Waals surface area contributed by atoms with Crippen molar-refractivity contribution in [3.63, 3.8) is 0 Å². The topological polar surface area (TPSA) is 97.1 Å². The summed E-state index contributed by atoms with van der Waals surface area (Å²) in [6.45, 7) is 3.70. The Morgan fingerprint density at radius 1 is 1.53 bits per heavy atom. The van der Waals surface area contributed by atoms with Crippen LogP contribution in [0.4, 0.5) is 9.80 Å². The molecule has 1 rings (SSSR count). The molecule has 7 heteroatoms. The summed E-state index contributed by atoms with van der Waals surface area (Å²) in [4.78, 5) is 25.7. The molecule has 4 N–H and O–H groups in total. The molecule has 15 heavy (non-hydrogen) atoms. The predicted molar refractivity (Wildman–Crippen MR) is 57.9 cm³/mol. The van der Waals surface area contributed by atoms with Gasteiger partial charge in [-0.25, -0.2) is 9.78 Å². The Hall–Kier alpha value is -1.63. The van der Waals surface area contributed by atoms with Gasteiger partial charge in [-0.1, -0.05) is 11.3 Å². The molecule has 0 saturated heterocycles. The molecule has 1 aromatic rings. The summed E-state index contributed by atoms with van der Waals surface area (Å²) in [5.74, 6) is -0.600. The summed E-state index contributed by atoms with van der Waals surface area (Å²) in [6.07, 6.45) is 1.39. The summed E-state index contributed by atoms with van der Waals surface area (Å²) >= 11 is 1.04. The number of amides is 3. The van der Waals surface area contributed by atoms with Crippen LogP contribution in [-0.2, 0) is 0 Å². The van der Waals surface area contributed by atoms with Crippen LogP contribution in [0.15, 0.2) is 6.20 Å². The third-order valence-electron chi connectivity index (χ3n) is 1.37. The lowest BCUT2D eigenvalue weighted by atomic mass is 10.4. The van der Waals surface area contributed by atoms with E-state index in [0.717, 1.165) is 11.3 Å². The number of anilines is 1. The molecule has 3 amide bonds. The van der Waals surface area contributed by atoms with E-state index in [4.69, 9.17) is 5.73 Å². The molecule has 1 heterocycles. The Balaban J connectivity index is 2.57. The van der Waals surface area contributed by atoms with Crippen molar-refractivity contribution in [3.8, 4) is 0 Å². The molecule has 0 unspecified atom stereocenters. The van der Waals surface area contributed by atoms with Crippen molar-refractivity contribution in [2.75, 3.05) is 5.32 Å². The smallest absolute Gasteiger partial charge is 0.320 e. The number of primary amides is 1. The minimum Gasteiger partial charge on any atom is -0.364 e. The molecule has 6 nitrogen and oxygen atoms in total. The van der Waals surface area contributed by atoms with Crippen LogP contribution in [0.5, 0.6) is 0 Å². The third kappa shape index (κ3) is 3.55. The van der Waals surface area contributed by atoms with Crippen LogP contribution in [0.2, 0.25) is 0 Å². The van der Waals surface area contributed by atoms with E-state index >= 15 is 0 Å². The van der Waals surface area contributed by atoms with E-state index in [0.29, 0.717) is 5.00 Å². The van der Waals surface area contributed by atoms with Gasteiger partial charge < -0.3 is 11.1 Å². The molecule has 0 fully saturated rings. The van der Waals surface area contributed by atoms with E-state index in [2.05, 4.69) is 15.6 Å². The van der Waals surface area contributed by atoms with Gasteiger partial charge in [0.2, 0.25) is 0 Å². The van der Waals surface area contributed by atoms with E-state index in [1.165, 1.54) is 6.20 Å². The van der Waals surface area contributed by atoms with Crippen molar-refractivity contribution in [1.82, 2.24) is 10.3 Å². The molecule has 1 aromatic heterocycles. The molecule has 0 aliphatic carbocycles. The fourth-order valence-corrected chi connectivity index (χ4v) is 1.52. The van der Waals surface area contributed by atoms with Crippen molar-refractivity contribution in [2.45, 2.75) is 19.9 Å². The van der Waals surface area contributed by atoms with Crippen molar-refractivity contribution in [3.05, 3.63) is 11.2 Å². The molecule has 0 aliphatic heterocycles. The zero-order valence-corrected chi connectivity index (χ0v) is 9.22. The second kappa shape index (κ2) is 4.74. The number of aromatic nitrogens is 1. The lowest BCUT2D eigenvalue weighted by molar-refractivity contribution is 0.1000. The largest absolute Gasteiger partial charge is 0.364 e. The zero-order valence-electron chi connectivity index (χ0n) is 8.40. The SMILES string of the molecule is CC(C)NC(=O)Nc1cnc(C(N)=O)s1. The first-order valence-electron chi connectivity index (χ1n) is 4.32. The van der Waals surface area contributed by atoms with Crippen LogP contribution < -0.4 is 16.4 Å². The Morgan fingerprint density at radius 2 is 2.20 bits per heavy atom. The van der Waals surface area contributed by atoms with Gasteiger partial charge in [-0.3, -0.25) is 10.1 Å². The van der Waals surface area contributed by atoms with Gasteiger partial charge in [0.25, 0.3) is 5.91 Å². The van der Waals surface area contributed by atoms with Gasteiger partial charge in [-0.05, 0) is 13.8 Å². The lowest BCUT2D eigenvalue weighted by Crippen LogP contribution is -2.33. The van der Waals surface area contributed by atoms with E-state index in [9.17, 15) is 9.59 Å². The first kappa shape index (κ1) is 11.4. The molecule has 0 spiro atoms. The molecule has 0 aromatic carbocycles. The number of nitrogens with two attached hydrogens (primary N) is 1. The molecule has 0 radical (unpaired) electrons. The van der Waals surface area contributed by atoms with Crippen LogP contribution in [0, 0.1) is 0 Å². The number of hydrogen-bond acceptors (Lipinski definition) is 4. The molecule has 0 aliphatic rings. The number of hydrogen-bond donors (Lipinski definition) is 3. The quantitative estimate of drug-likeness (QED) is 0.712. The van der Waals surface area contributed by atoms with Gasteiger partial charge in [0.05, 0.1) is 6.20 Å². The number of thiazole rings is 1. The van der Waals surface area contributed by atoms with Crippen LogP contribution >= 0.6 is 11.3 Å². The van der Waals surface area contributed by atoms with Crippen LogP contribution in [0.1, 0.15) is 23.6 Å². The summed E-state index contributed by atoms with van der Waals surface area (Å²) in [5.41, 5.74) is 5.02. The van der Waals surface area contributed by atoms with Crippen LogP contribution in [0.25, 0.3) is 0 Å². The maximum absolute atomic E-state index is 11.2. The first-order chi connectivity index (χ1) is 6.99. The highest BCUT2D eigenvalue weighted by atomic mass is 32.1. The summed E-state index contributed by atoms with van der Waals surface area (Å²) in [6, 6.07) is -0.279. The maximum atomic E-state index is 11.2. The van der Waals surface area contributed by atoms with Crippen LogP contribution in [0.3, 0.4) is 0 Å². The summed E-state index contributed by atoms with van der Waals surface area (Å²) < 4.78 is 0. The van der Waals surface area contributed by atoms with E-state index in [-0.39, 0.29) is 17.1 Å². The fraction of sp³-hybridized carbons (Fsp3) is 0.375. The minimum absolute atomic E-state index is 0.0496. The maximum Gasteiger partial charge on any atom is 0.320 e. The molecule has 82 valence electrons. The molecular weight excluding hydrogens is 216 g/mol. The summed E-state index contributed by atoms with van der Waals surface area (Å²) in [5, 5.41) is 5.85. The lowest BCUT2D eigenvalue weighted by Gasteiger charge is -2.07. The fourth-order valence-electron chi connectivity index (χ4n) is 0.856. The second-order valence-electron chi connectivity index (χ2n) is 3.15. The van der Waals surface area contributed by atoms with Crippen LogP contribution in [-0.4, -0.2) is 23.0 Å². The highest BCUT2D eigenvalue weighted by Gasteiger charge is 2.09. The third-order valence-corrected chi connectivity index (χ3v) is 2.30. The molecule has 0 atom stereocenters. The summed E-state index contributed by atoms with van der Waals surface area (Å²) in [7, 11) is 0. The molecule has 0 saturated carbocycles. The Labute approximate surface area is 90.9 Å². The van der Waals surface area contributed by atoms with Crippen molar-refractivity contribution in [2.24, 2.45) is 5.73 Å². The Kier molecular flexibility index (Phi) is 3.62. The normalized spacial score (nSPS) is 10.1. The van der Waals surface area contributed by atoms with Gasteiger partial charge in [0.1, 0.15) is 5.00 Å². The van der Waals surface area contributed by atoms with Crippen molar-refractivity contribution >= 4 is 28.3 Å². The Bertz CT molecular complexity index is 374. The van der Waals surface area contributed by atoms with E-state index < -0.39 is 5.91 Å².